The van der Waals surface area contributed by atoms with Crippen LogP contribution in [0.15, 0.2) is 12.1 Å². The zero-order valence-corrected chi connectivity index (χ0v) is 11.2. The first kappa shape index (κ1) is 14.0. The normalized spacial score (nSPS) is 17.6. The van der Waals surface area contributed by atoms with Gasteiger partial charge in [0.25, 0.3) is 0 Å². The number of rotatable bonds is 6. The molecule has 0 spiro atoms. The molecule has 1 aliphatic rings. The molecule has 0 saturated carbocycles. The fraction of sp³-hybridized carbons (Fsp3) is 0.500. The Morgan fingerprint density at radius 2 is 2.30 bits per heavy atom. The molecule has 108 valence electrons. The van der Waals surface area contributed by atoms with Gasteiger partial charge in [-0.3, -0.25) is 14.9 Å². The second-order valence-corrected chi connectivity index (χ2v) is 4.54. The van der Waals surface area contributed by atoms with Crippen molar-refractivity contribution in [3.05, 3.63) is 22.2 Å². The third-order valence-electron chi connectivity index (χ3n) is 3.03. The summed E-state index contributed by atoms with van der Waals surface area (Å²) in [4.78, 5) is 25.8. The molecule has 2 heterocycles. The summed E-state index contributed by atoms with van der Waals surface area (Å²) in [6.45, 7) is 3.03. The van der Waals surface area contributed by atoms with Crippen LogP contribution >= 0.6 is 0 Å². The van der Waals surface area contributed by atoms with E-state index in [0.29, 0.717) is 25.3 Å². The maximum Gasteiger partial charge on any atom is 0.311 e. The Labute approximate surface area is 116 Å². The summed E-state index contributed by atoms with van der Waals surface area (Å²) >= 11 is 0. The minimum Gasteiger partial charge on any atom is -0.370 e. The van der Waals surface area contributed by atoms with Crippen molar-refractivity contribution in [2.75, 3.05) is 23.7 Å². The largest absolute Gasteiger partial charge is 0.370 e. The van der Waals surface area contributed by atoms with Crippen LogP contribution in [0.4, 0.5) is 17.3 Å². The lowest BCUT2D eigenvalue weighted by Crippen LogP contribution is -2.32. The van der Waals surface area contributed by atoms with Crippen molar-refractivity contribution < 1.29 is 9.72 Å². The molecule has 8 nitrogen and oxygen atoms in total. The molecule has 0 bridgehead atoms. The SMILES string of the molecule is CCNc1ccc([N+](=O)[O-])c(NCC2CCC(=O)N2)n1. The Bertz CT molecular complexity index is 520. The number of nitrogens with zero attached hydrogens (tertiary/aromatic N) is 2. The van der Waals surface area contributed by atoms with Gasteiger partial charge in [-0.05, 0) is 19.4 Å². The number of nitro groups is 1. The van der Waals surface area contributed by atoms with Gasteiger partial charge in [-0.2, -0.15) is 0 Å². The molecule has 1 fully saturated rings. The first-order valence-corrected chi connectivity index (χ1v) is 6.52. The minimum absolute atomic E-state index is 0.00769. The highest BCUT2D eigenvalue weighted by Gasteiger charge is 2.22. The van der Waals surface area contributed by atoms with Gasteiger partial charge in [0.15, 0.2) is 0 Å². The average Bonchev–Trinajstić information content (AvgIpc) is 2.82. The smallest absolute Gasteiger partial charge is 0.311 e. The van der Waals surface area contributed by atoms with E-state index in [1.54, 1.807) is 6.07 Å². The number of amides is 1. The number of aromatic nitrogens is 1. The van der Waals surface area contributed by atoms with Crippen molar-refractivity contribution in [3.8, 4) is 0 Å². The zero-order valence-electron chi connectivity index (χ0n) is 11.2. The molecule has 1 unspecified atom stereocenters. The summed E-state index contributed by atoms with van der Waals surface area (Å²) < 4.78 is 0. The Morgan fingerprint density at radius 1 is 1.50 bits per heavy atom. The molecule has 0 aliphatic carbocycles. The zero-order chi connectivity index (χ0) is 14.5. The Hall–Kier alpha value is -2.38. The molecule has 1 saturated heterocycles. The molecule has 1 aromatic heterocycles. The quantitative estimate of drug-likeness (QED) is 0.531. The highest BCUT2D eigenvalue weighted by molar-refractivity contribution is 5.78. The number of hydrogen-bond acceptors (Lipinski definition) is 6. The van der Waals surface area contributed by atoms with Crippen molar-refractivity contribution in [1.82, 2.24) is 10.3 Å². The van der Waals surface area contributed by atoms with Crippen LogP contribution in [0.1, 0.15) is 19.8 Å². The van der Waals surface area contributed by atoms with Crippen LogP contribution < -0.4 is 16.0 Å². The standard InChI is InChI=1S/C12H17N5O3/c1-2-13-10-5-4-9(17(19)20)12(16-10)14-7-8-3-6-11(18)15-8/h4-5,8H,2-3,6-7H2,1H3,(H,15,18)(H2,13,14,16). The van der Waals surface area contributed by atoms with E-state index in [-0.39, 0.29) is 23.5 Å². The number of anilines is 2. The molecule has 3 N–H and O–H groups in total. The predicted octanol–water partition coefficient (Wildman–Crippen LogP) is 1.11. The third kappa shape index (κ3) is 3.34. The molecule has 20 heavy (non-hydrogen) atoms. The van der Waals surface area contributed by atoms with Gasteiger partial charge in [-0.1, -0.05) is 0 Å². The summed E-state index contributed by atoms with van der Waals surface area (Å²) in [6, 6.07) is 2.98. The van der Waals surface area contributed by atoms with Crippen molar-refractivity contribution in [3.63, 3.8) is 0 Å². The summed E-state index contributed by atoms with van der Waals surface area (Å²) in [6.07, 6.45) is 1.23. The lowest BCUT2D eigenvalue weighted by atomic mass is 10.2. The third-order valence-corrected chi connectivity index (χ3v) is 3.03. The van der Waals surface area contributed by atoms with Gasteiger partial charge in [-0.15, -0.1) is 0 Å². The minimum atomic E-state index is -0.474. The first-order valence-electron chi connectivity index (χ1n) is 6.52. The van der Waals surface area contributed by atoms with E-state index in [4.69, 9.17) is 0 Å². The fourth-order valence-corrected chi connectivity index (χ4v) is 2.06. The van der Waals surface area contributed by atoms with Crippen molar-refractivity contribution in [2.24, 2.45) is 0 Å². The number of hydrogen-bond donors (Lipinski definition) is 3. The van der Waals surface area contributed by atoms with E-state index in [1.807, 2.05) is 6.92 Å². The van der Waals surface area contributed by atoms with Gasteiger partial charge in [0.05, 0.1) is 4.92 Å². The number of carbonyl (C=O) groups excluding carboxylic acids is 1. The van der Waals surface area contributed by atoms with Crippen LogP contribution in [0.2, 0.25) is 0 Å². The second kappa shape index (κ2) is 6.18. The molecule has 0 aromatic carbocycles. The van der Waals surface area contributed by atoms with Crippen LogP contribution in [0, 0.1) is 10.1 Å². The topological polar surface area (TPSA) is 109 Å². The Balaban J connectivity index is 2.08. The monoisotopic (exact) mass is 279 g/mol. The number of carbonyl (C=O) groups is 1. The highest BCUT2D eigenvalue weighted by atomic mass is 16.6. The van der Waals surface area contributed by atoms with E-state index in [1.165, 1.54) is 6.07 Å². The second-order valence-electron chi connectivity index (χ2n) is 4.54. The maximum absolute atomic E-state index is 11.1. The van der Waals surface area contributed by atoms with Crippen LogP contribution in [-0.2, 0) is 4.79 Å². The summed E-state index contributed by atoms with van der Waals surface area (Å²) in [5.41, 5.74) is -0.0732. The van der Waals surface area contributed by atoms with Crippen LogP contribution in [-0.4, -0.2) is 34.9 Å². The van der Waals surface area contributed by atoms with Crippen LogP contribution in [0.3, 0.4) is 0 Å². The molecule has 0 radical (unpaired) electrons. The van der Waals surface area contributed by atoms with Gasteiger partial charge >= 0.3 is 5.69 Å². The van der Waals surface area contributed by atoms with Gasteiger partial charge in [0, 0.05) is 31.6 Å². The molecular weight excluding hydrogens is 262 g/mol. The van der Waals surface area contributed by atoms with Crippen LogP contribution in [0.5, 0.6) is 0 Å². The van der Waals surface area contributed by atoms with Gasteiger partial charge in [0.2, 0.25) is 11.7 Å². The van der Waals surface area contributed by atoms with E-state index in [9.17, 15) is 14.9 Å². The van der Waals surface area contributed by atoms with Gasteiger partial charge in [-0.25, -0.2) is 4.98 Å². The molecule has 1 amide bonds. The number of pyridine rings is 1. The first-order chi connectivity index (χ1) is 9.60. The Morgan fingerprint density at radius 3 is 2.90 bits per heavy atom. The van der Waals surface area contributed by atoms with E-state index in [0.717, 1.165) is 6.42 Å². The number of nitrogens with one attached hydrogen (secondary N) is 3. The van der Waals surface area contributed by atoms with Crippen molar-refractivity contribution >= 4 is 23.2 Å². The maximum atomic E-state index is 11.1. The summed E-state index contributed by atoms with van der Waals surface area (Å²) in [7, 11) is 0. The Kier molecular flexibility index (Phi) is 4.34. The van der Waals surface area contributed by atoms with Gasteiger partial charge in [0.1, 0.15) is 5.82 Å². The van der Waals surface area contributed by atoms with Crippen LogP contribution in [0.25, 0.3) is 0 Å². The van der Waals surface area contributed by atoms with E-state index >= 15 is 0 Å². The fourth-order valence-electron chi connectivity index (χ4n) is 2.06. The van der Waals surface area contributed by atoms with Crippen molar-refractivity contribution in [1.29, 1.82) is 0 Å². The molecular formula is C12H17N5O3. The van der Waals surface area contributed by atoms with E-state index in [2.05, 4.69) is 20.9 Å². The lowest BCUT2D eigenvalue weighted by molar-refractivity contribution is -0.384. The average molecular weight is 279 g/mol. The molecule has 2 rings (SSSR count). The molecule has 1 aromatic rings. The molecule has 1 atom stereocenters. The summed E-state index contributed by atoms with van der Waals surface area (Å²) in [5.74, 6) is 0.811. The molecule has 8 heteroatoms. The van der Waals surface area contributed by atoms with Gasteiger partial charge < -0.3 is 16.0 Å². The highest BCUT2D eigenvalue weighted by Crippen LogP contribution is 2.24. The van der Waals surface area contributed by atoms with Crippen molar-refractivity contribution in [2.45, 2.75) is 25.8 Å². The lowest BCUT2D eigenvalue weighted by Gasteiger charge is -2.12. The molecule has 1 aliphatic heterocycles. The van der Waals surface area contributed by atoms with E-state index < -0.39 is 4.92 Å². The predicted molar refractivity (Wildman–Crippen MR) is 74.7 cm³/mol. The summed E-state index contributed by atoms with van der Waals surface area (Å²) in [5, 5.41) is 19.7.